The predicted molar refractivity (Wildman–Crippen MR) is 62.7 cm³/mol. The number of halogens is 2. The first kappa shape index (κ1) is 10.0. The summed E-state index contributed by atoms with van der Waals surface area (Å²) in [4.78, 5) is 2.66. The first-order valence-corrected chi connectivity index (χ1v) is 6.63. The van der Waals surface area contributed by atoms with E-state index in [1.807, 2.05) is 11.3 Å². The highest BCUT2D eigenvalue weighted by Crippen LogP contribution is 2.46. The lowest BCUT2D eigenvalue weighted by Gasteiger charge is -2.29. The van der Waals surface area contributed by atoms with E-state index in [-0.39, 0.29) is 5.38 Å². The van der Waals surface area contributed by atoms with Crippen LogP contribution in [0.25, 0.3) is 0 Å². The molecule has 0 radical (unpaired) electrons. The molecule has 1 aromatic rings. The van der Waals surface area contributed by atoms with Gasteiger partial charge in [-0.1, -0.05) is 6.42 Å². The van der Waals surface area contributed by atoms with Crippen LogP contribution in [0.15, 0.2) is 10.5 Å². The topological polar surface area (TPSA) is 0 Å². The molecule has 1 heterocycles. The van der Waals surface area contributed by atoms with Gasteiger partial charge in [0.05, 0.1) is 5.38 Å². The van der Waals surface area contributed by atoms with E-state index < -0.39 is 0 Å². The Bertz CT molecular complexity index is 304. The summed E-state index contributed by atoms with van der Waals surface area (Å²) in [7, 11) is 0. The molecule has 0 aromatic carbocycles. The molecular weight excluding hydrogens is 268 g/mol. The Labute approximate surface area is 96.4 Å². The third-order valence-electron chi connectivity index (χ3n) is 2.65. The van der Waals surface area contributed by atoms with Crippen molar-refractivity contribution >= 4 is 38.9 Å². The average molecular weight is 280 g/mol. The third kappa shape index (κ3) is 1.95. The zero-order valence-corrected chi connectivity index (χ0v) is 10.7. The van der Waals surface area contributed by atoms with Gasteiger partial charge in [-0.25, -0.2) is 0 Å². The maximum absolute atomic E-state index is 6.41. The average Bonchev–Trinajstić information content (AvgIpc) is 2.26. The molecule has 1 fully saturated rings. The zero-order valence-electron chi connectivity index (χ0n) is 7.52. The van der Waals surface area contributed by atoms with Crippen LogP contribution in [-0.4, -0.2) is 0 Å². The zero-order chi connectivity index (χ0) is 9.42. The molecule has 1 saturated carbocycles. The van der Waals surface area contributed by atoms with Gasteiger partial charge in [-0.2, -0.15) is 0 Å². The molecule has 1 atom stereocenters. The van der Waals surface area contributed by atoms with Gasteiger partial charge in [0.25, 0.3) is 0 Å². The van der Waals surface area contributed by atoms with Crippen molar-refractivity contribution in [3.8, 4) is 0 Å². The van der Waals surface area contributed by atoms with E-state index in [0.29, 0.717) is 0 Å². The van der Waals surface area contributed by atoms with Crippen molar-refractivity contribution in [2.75, 3.05) is 0 Å². The summed E-state index contributed by atoms with van der Waals surface area (Å²) >= 11 is 11.8. The summed E-state index contributed by atoms with van der Waals surface area (Å²) in [5, 5.41) is 0.238. The van der Waals surface area contributed by atoms with Crippen LogP contribution < -0.4 is 0 Å². The number of hydrogen-bond donors (Lipinski definition) is 0. The van der Waals surface area contributed by atoms with Crippen LogP contribution in [-0.2, 0) is 0 Å². The summed E-state index contributed by atoms with van der Waals surface area (Å²) < 4.78 is 1.20. The number of rotatable bonds is 2. The molecule has 0 saturated heterocycles. The Kier molecular flexibility index (Phi) is 3.01. The van der Waals surface area contributed by atoms with Gasteiger partial charge in [0.2, 0.25) is 0 Å². The van der Waals surface area contributed by atoms with Crippen LogP contribution in [0.1, 0.15) is 34.4 Å². The lowest BCUT2D eigenvalue weighted by Crippen LogP contribution is -2.15. The van der Waals surface area contributed by atoms with Crippen molar-refractivity contribution in [3.63, 3.8) is 0 Å². The van der Waals surface area contributed by atoms with Crippen molar-refractivity contribution in [2.45, 2.75) is 31.6 Å². The van der Waals surface area contributed by atoms with Crippen molar-refractivity contribution in [1.29, 1.82) is 0 Å². The van der Waals surface area contributed by atoms with E-state index in [1.54, 1.807) is 0 Å². The molecule has 0 bridgehead atoms. The molecule has 72 valence electrons. The van der Waals surface area contributed by atoms with Crippen molar-refractivity contribution in [3.05, 3.63) is 20.3 Å². The Morgan fingerprint density at radius 1 is 1.62 bits per heavy atom. The van der Waals surface area contributed by atoms with E-state index in [1.165, 1.54) is 33.5 Å². The maximum atomic E-state index is 6.41. The second-order valence-corrected chi connectivity index (χ2v) is 6.27. The minimum absolute atomic E-state index is 0.238. The third-order valence-corrected chi connectivity index (χ3v) is 5.41. The molecular formula is C10H12BrClS. The predicted octanol–water partition coefficient (Wildman–Crippen LogP) is 4.90. The van der Waals surface area contributed by atoms with Crippen LogP contribution in [0.2, 0.25) is 0 Å². The number of hydrogen-bond acceptors (Lipinski definition) is 1. The Morgan fingerprint density at radius 2 is 2.31 bits per heavy atom. The standard InChI is InChI=1S/C10H12BrClS/c1-6-5-8(11)10(13-6)9(12)7-3-2-4-7/h5,7,9H,2-4H2,1H3. The number of aryl methyl sites for hydroxylation is 1. The smallest absolute Gasteiger partial charge is 0.0718 e. The van der Waals surface area contributed by atoms with Crippen molar-refractivity contribution < 1.29 is 0 Å². The summed E-state index contributed by atoms with van der Waals surface area (Å²) in [6.45, 7) is 2.13. The number of thiophene rings is 1. The molecule has 0 N–H and O–H groups in total. The fourth-order valence-corrected chi connectivity index (χ4v) is 4.24. The molecule has 0 aliphatic heterocycles. The van der Waals surface area contributed by atoms with Gasteiger partial charge in [-0.3, -0.25) is 0 Å². The van der Waals surface area contributed by atoms with Gasteiger partial charge in [-0.15, -0.1) is 22.9 Å². The van der Waals surface area contributed by atoms with E-state index >= 15 is 0 Å². The van der Waals surface area contributed by atoms with Crippen molar-refractivity contribution in [2.24, 2.45) is 5.92 Å². The van der Waals surface area contributed by atoms with Crippen LogP contribution in [0.4, 0.5) is 0 Å². The van der Waals surface area contributed by atoms with Crippen molar-refractivity contribution in [1.82, 2.24) is 0 Å². The molecule has 1 aromatic heterocycles. The molecule has 0 spiro atoms. The quantitative estimate of drug-likeness (QED) is 0.676. The van der Waals surface area contributed by atoms with Gasteiger partial charge >= 0.3 is 0 Å². The molecule has 3 heteroatoms. The molecule has 0 nitrogen and oxygen atoms in total. The summed E-state index contributed by atoms with van der Waals surface area (Å²) in [5.41, 5.74) is 0. The monoisotopic (exact) mass is 278 g/mol. The van der Waals surface area contributed by atoms with Crippen LogP contribution in [0.5, 0.6) is 0 Å². The van der Waals surface area contributed by atoms with E-state index in [9.17, 15) is 0 Å². The SMILES string of the molecule is Cc1cc(Br)c(C(Cl)C2CCC2)s1. The molecule has 2 rings (SSSR count). The first-order chi connectivity index (χ1) is 6.18. The molecule has 1 aliphatic carbocycles. The van der Waals surface area contributed by atoms with Crippen LogP contribution in [0, 0.1) is 12.8 Å². The minimum Gasteiger partial charge on any atom is -0.143 e. The lowest BCUT2D eigenvalue weighted by atomic mass is 9.82. The summed E-state index contributed by atoms with van der Waals surface area (Å²) in [6, 6.07) is 2.16. The van der Waals surface area contributed by atoms with Gasteiger partial charge < -0.3 is 0 Å². The fourth-order valence-electron chi connectivity index (χ4n) is 1.64. The van der Waals surface area contributed by atoms with E-state index in [4.69, 9.17) is 11.6 Å². The molecule has 1 aliphatic rings. The highest BCUT2D eigenvalue weighted by atomic mass is 79.9. The van der Waals surface area contributed by atoms with Gasteiger partial charge in [0.1, 0.15) is 0 Å². The highest BCUT2D eigenvalue weighted by Gasteiger charge is 2.29. The first-order valence-electron chi connectivity index (χ1n) is 4.58. The van der Waals surface area contributed by atoms with Gasteiger partial charge in [0, 0.05) is 14.2 Å². The molecule has 0 amide bonds. The lowest BCUT2D eigenvalue weighted by molar-refractivity contribution is 0.307. The minimum atomic E-state index is 0.238. The largest absolute Gasteiger partial charge is 0.143 e. The van der Waals surface area contributed by atoms with E-state index in [2.05, 4.69) is 28.9 Å². The Hall–Kier alpha value is 0.470. The molecule has 1 unspecified atom stereocenters. The Balaban J connectivity index is 2.18. The second kappa shape index (κ2) is 3.92. The summed E-state index contributed by atoms with van der Waals surface area (Å²) in [6.07, 6.45) is 3.96. The van der Waals surface area contributed by atoms with Gasteiger partial charge in [0.15, 0.2) is 0 Å². The van der Waals surface area contributed by atoms with Crippen LogP contribution >= 0.6 is 38.9 Å². The normalized spacial score (nSPS) is 19.9. The van der Waals surface area contributed by atoms with Crippen LogP contribution in [0.3, 0.4) is 0 Å². The second-order valence-electron chi connectivity index (χ2n) is 3.66. The highest BCUT2D eigenvalue weighted by molar-refractivity contribution is 9.10. The molecule has 13 heavy (non-hydrogen) atoms. The maximum Gasteiger partial charge on any atom is 0.0718 e. The summed E-state index contributed by atoms with van der Waals surface area (Å²) in [5.74, 6) is 0.719. The van der Waals surface area contributed by atoms with Gasteiger partial charge in [-0.05, 0) is 47.7 Å². The Morgan fingerprint density at radius 3 is 2.69 bits per heavy atom. The fraction of sp³-hybridized carbons (Fsp3) is 0.600. The number of alkyl halides is 1. The van der Waals surface area contributed by atoms with E-state index in [0.717, 1.165) is 5.92 Å².